The first-order valence-corrected chi connectivity index (χ1v) is 9.30. The number of hydrogen-bond donors (Lipinski definition) is 1. The number of piperidine rings is 2. The van der Waals surface area contributed by atoms with E-state index in [1.165, 1.54) is 12.8 Å². The third-order valence-electron chi connectivity index (χ3n) is 5.52. The van der Waals surface area contributed by atoms with Gasteiger partial charge in [0.2, 0.25) is 0 Å². The fraction of sp³-hybridized carbons (Fsp3) is 0.579. The highest BCUT2D eigenvalue weighted by atomic mass is 35.5. The average Bonchev–Trinajstić information content (AvgIpc) is 2.89. The van der Waals surface area contributed by atoms with Crippen molar-refractivity contribution in [2.24, 2.45) is 5.92 Å². The van der Waals surface area contributed by atoms with Crippen LogP contribution in [-0.4, -0.2) is 60.6 Å². The largest absolute Gasteiger partial charge is 0.317 e. The van der Waals surface area contributed by atoms with Gasteiger partial charge in [-0.1, -0.05) is 12.1 Å². The number of amides is 2. The van der Waals surface area contributed by atoms with E-state index >= 15 is 0 Å². The van der Waals surface area contributed by atoms with Crippen LogP contribution in [0.15, 0.2) is 24.3 Å². The average molecular weight is 380 g/mol. The van der Waals surface area contributed by atoms with Crippen LogP contribution in [0.2, 0.25) is 0 Å². The van der Waals surface area contributed by atoms with Crippen molar-refractivity contribution < 1.29 is 14.4 Å². The summed E-state index contributed by atoms with van der Waals surface area (Å²) in [4.78, 5) is 33.0. The summed E-state index contributed by atoms with van der Waals surface area (Å²) in [5, 5.41) is 4.38. The molecular formula is C19H26ClN3O3. The van der Waals surface area contributed by atoms with Crippen molar-refractivity contribution in [1.29, 1.82) is 0 Å². The van der Waals surface area contributed by atoms with Gasteiger partial charge in [0.25, 0.3) is 11.8 Å². The summed E-state index contributed by atoms with van der Waals surface area (Å²) in [6, 6.07) is 6.90. The first-order chi connectivity index (χ1) is 12.2. The first kappa shape index (κ1) is 19.3. The molecule has 4 rings (SSSR count). The second-order valence-corrected chi connectivity index (χ2v) is 7.25. The van der Waals surface area contributed by atoms with Gasteiger partial charge >= 0.3 is 0 Å². The second kappa shape index (κ2) is 8.48. The number of fused-ring (bicyclic) bond motifs is 1. The molecule has 0 unspecified atom stereocenters. The first-order valence-electron chi connectivity index (χ1n) is 9.30. The van der Waals surface area contributed by atoms with E-state index in [1.807, 2.05) is 0 Å². The monoisotopic (exact) mass is 379 g/mol. The molecule has 0 radical (unpaired) electrons. The molecule has 1 aromatic carbocycles. The number of nitrogens with one attached hydrogen (secondary N) is 1. The molecule has 7 heteroatoms. The Morgan fingerprint density at radius 2 is 1.54 bits per heavy atom. The minimum atomic E-state index is -0.335. The molecule has 3 aliphatic heterocycles. The van der Waals surface area contributed by atoms with Crippen molar-refractivity contribution >= 4 is 24.2 Å². The molecule has 26 heavy (non-hydrogen) atoms. The van der Waals surface area contributed by atoms with E-state index in [9.17, 15) is 9.59 Å². The second-order valence-electron chi connectivity index (χ2n) is 7.25. The molecule has 2 saturated heterocycles. The number of hydrogen-bond acceptors (Lipinski definition) is 5. The number of rotatable bonds is 4. The van der Waals surface area contributed by atoms with E-state index < -0.39 is 0 Å². The third kappa shape index (κ3) is 3.93. The maximum atomic E-state index is 12.4. The normalized spacial score (nSPS) is 22.4. The molecule has 2 fully saturated rings. The Balaban J connectivity index is 0.00000196. The van der Waals surface area contributed by atoms with E-state index in [4.69, 9.17) is 4.84 Å². The molecule has 0 bridgehead atoms. The summed E-state index contributed by atoms with van der Waals surface area (Å²) in [5.74, 6) is 0.116. The molecule has 2 amide bonds. The van der Waals surface area contributed by atoms with Crippen LogP contribution in [-0.2, 0) is 4.84 Å². The number of halogens is 1. The van der Waals surface area contributed by atoms with Gasteiger partial charge in [-0.05, 0) is 56.8 Å². The van der Waals surface area contributed by atoms with Crippen molar-refractivity contribution in [3.05, 3.63) is 35.4 Å². The van der Waals surface area contributed by atoms with Gasteiger partial charge in [0, 0.05) is 19.6 Å². The number of imide groups is 1. The van der Waals surface area contributed by atoms with Gasteiger partial charge in [0.1, 0.15) is 0 Å². The van der Waals surface area contributed by atoms with Crippen LogP contribution in [0.5, 0.6) is 0 Å². The summed E-state index contributed by atoms with van der Waals surface area (Å²) in [6.07, 6.45) is 4.17. The number of carbonyl (C=O) groups is 2. The van der Waals surface area contributed by atoms with Gasteiger partial charge in [0.05, 0.1) is 17.2 Å². The van der Waals surface area contributed by atoms with E-state index in [0.717, 1.165) is 56.5 Å². The molecule has 1 N–H and O–H groups in total. The van der Waals surface area contributed by atoms with Crippen molar-refractivity contribution in [2.75, 3.05) is 32.7 Å². The fourth-order valence-electron chi connectivity index (χ4n) is 4.04. The van der Waals surface area contributed by atoms with Crippen molar-refractivity contribution in [3.8, 4) is 0 Å². The molecule has 3 aliphatic rings. The minimum Gasteiger partial charge on any atom is -0.317 e. The lowest BCUT2D eigenvalue weighted by Crippen LogP contribution is -2.44. The highest BCUT2D eigenvalue weighted by Crippen LogP contribution is 2.26. The van der Waals surface area contributed by atoms with E-state index in [1.54, 1.807) is 24.3 Å². The molecule has 6 nitrogen and oxygen atoms in total. The Bertz CT molecular complexity index is 620. The highest BCUT2D eigenvalue weighted by Gasteiger charge is 2.38. The lowest BCUT2D eigenvalue weighted by molar-refractivity contribution is -0.145. The number of nitrogens with zero attached hydrogens (tertiary/aromatic N) is 2. The summed E-state index contributed by atoms with van der Waals surface area (Å²) < 4.78 is 0. The van der Waals surface area contributed by atoms with Crippen LogP contribution in [0, 0.1) is 5.92 Å². The smallest absolute Gasteiger partial charge is 0.285 e. The van der Waals surface area contributed by atoms with Crippen LogP contribution >= 0.6 is 12.4 Å². The van der Waals surface area contributed by atoms with Gasteiger partial charge in [-0.25, -0.2) is 0 Å². The Morgan fingerprint density at radius 3 is 2.12 bits per heavy atom. The van der Waals surface area contributed by atoms with E-state index in [2.05, 4.69) is 10.2 Å². The lowest BCUT2D eigenvalue weighted by Gasteiger charge is -2.35. The predicted octanol–water partition coefficient (Wildman–Crippen LogP) is 2.10. The Morgan fingerprint density at radius 1 is 0.962 bits per heavy atom. The van der Waals surface area contributed by atoms with Crippen LogP contribution in [0.25, 0.3) is 0 Å². The summed E-state index contributed by atoms with van der Waals surface area (Å²) in [5.41, 5.74) is 0.881. The van der Waals surface area contributed by atoms with Gasteiger partial charge in [-0.15, -0.1) is 17.5 Å². The van der Waals surface area contributed by atoms with E-state index in [-0.39, 0.29) is 30.3 Å². The Kier molecular flexibility index (Phi) is 6.29. The third-order valence-corrected chi connectivity index (χ3v) is 5.52. The van der Waals surface area contributed by atoms with Crippen LogP contribution in [0.3, 0.4) is 0 Å². The number of hydroxylamine groups is 2. The molecule has 3 heterocycles. The topological polar surface area (TPSA) is 61.9 Å². The van der Waals surface area contributed by atoms with Crippen molar-refractivity contribution in [2.45, 2.75) is 31.8 Å². The molecule has 0 aromatic heterocycles. The van der Waals surface area contributed by atoms with Crippen molar-refractivity contribution in [3.63, 3.8) is 0 Å². The van der Waals surface area contributed by atoms with Gasteiger partial charge in [-0.3, -0.25) is 14.4 Å². The highest BCUT2D eigenvalue weighted by molar-refractivity contribution is 6.20. The molecule has 142 valence electrons. The zero-order valence-electron chi connectivity index (χ0n) is 14.9. The van der Waals surface area contributed by atoms with Crippen LogP contribution < -0.4 is 5.32 Å². The Hall–Kier alpha value is -1.47. The number of carbonyl (C=O) groups excluding carboxylic acids is 2. The summed E-state index contributed by atoms with van der Waals surface area (Å²) in [7, 11) is 0. The predicted molar refractivity (Wildman–Crippen MR) is 100 cm³/mol. The SMILES string of the molecule is Cl.O=C1c2ccccc2C(=O)N1OC1CCN(CC2CCNCC2)CC1. The molecule has 0 spiro atoms. The molecule has 0 atom stereocenters. The fourth-order valence-corrected chi connectivity index (χ4v) is 4.04. The molecule has 0 saturated carbocycles. The molecule has 0 aliphatic carbocycles. The number of benzene rings is 1. The van der Waals surface area contributed by atoms with Crippen molar-refractivity contribution in [1.82, 2.24) is 15.3 Å². The standard InChI is InChI=1S/C19H25N3O3.ClH/c23-18-16-3-1-2-4-17(16)19(24)22(18)25-15-7-11-21(12-8-15)13-14-5-9-20-10-6-14;/h1-4,14-15,20H,5-13H2;1H. The number of likely N-dealkylation sites (tertiary alicyclic amines) is 1. The maximum Gasteiger partial charge on any atom is 0.285 e. The van der Waals surface area contributed by atoms with Crippen LogP contribution in [0.1, 0.15) is 46.4 Å². The van der Waals surface area contributed by atoms with Gasteiger partial charge in [0.15, 0.2) is 0 Å². The molecular weight excluding hydrogens is 354 g/mol. The zero-order valence-corrected chi connectivity index (χ0v) is 15.7. The van der Waals surface area contributed by atoms with E-state index in [0.29, 0.717) is 11.1 Å². The summed E-state index contributed by atoms with van der Waals surface area (Å²) in [6.45, 7) is 5.35. The quantitative estimate of drug-likeness (QED) is 0.812. The van der Waals surface area contributed by atoms with Crippen LogP contribution in [0.4, 0.5) is 0 Å². The molecule has 1 aromatic rings. The lowest BCUT2D eigenvalue weighted by atomic mass is 9.96. The minimum absolute atomic E-state index is 0. The Labute approximate surface area is 160 Å². The maximum absolute atomic E-state index is 12.4. The summed E-state index contributed by atoms with van der Waals surface area (Å²) >= 11 is 0. The van der Waals surface area contributed by atoms with Gasteiger partial charge < -0.3 is 10.2 Å². The zero-order chi connectivity index (χ0) is 17.2. The van der Waals surface area contributed by atoms with Gasteiger partial charge in [-0.2, -0.15) is 0 Å².